The monoisotopic (exact) mass is 489 g/mol. The zero-order chi connectivity index (χ0) is 25.2. The number of imidazole rings is 1. The first-order valence-corrected chi connectivity index (χ1v) is 14.2. The van der Waals surface area contributed by atoms with Crippen molar-refractivity contribution >= 4 is 22.6 Å². The molecule has 194 valence electrons. The van der Waals surface area contributed by atoms with Gasteiger partial charge in [0.2, 0.25) is 5.91 Å². The molecular formula is C31H43N3O2. The van der Waals surface area contributed by atoms with Crippen LogP contribution < -0.4 is 9.64 Å². The Hall–Kier alpha value is -2.82. The molecule has 2 aromatic carbocycles. The number of unbranched alkanes of at least 4 members (excludes halogenated alkanes) is 9. The zero-order valence-corrected chi connectivity index (χ0v) is 22.3. The lowest BCUT2D eigenvalue weighted by molar-refractivity contribution is -0.117. The van der Waals surface area contributed by atoms with E-state index in [1.165, 1.54) is 63.3 Å². The first-order valence-electron chi connectivity index (χ1n) is 14.2. The van der Waals surface area contributed by atoms with Gasteiger partial charge in [-0.25, -0.2) is 4.98 Å². The number of para-hydroxylation sites is 4. The summed E-state index contributed by atoms with van der Waals surface area (Å²) < 4.78 is 8.20. The van der Waals surface area contributed by atoms with E-state index in [2.05, 4.69) is 35.8 Å². The molecule has 1 fully saturated rings. The van der Waals surface area contributed by atoms with E-state index in [1.807, 2.05) is 36.1 Å². The topological polar surface area (TPSA) is 47.4 Å². The maximum absolute atomic E-state index is 13.1. The maximum atomic E-state index is 13.1. The Morgan fingerprint density at radius 1 is 0.861 bits per heavy atom. The molecule has 1 atom stereocenters. The minimum Gasteiger partial charge on any atom is -0.492 e. The Kier molecular flexibility index (Phi) is 9.83. The molecule has 5 nitrogen and oxygen atoms in total. The van der Waals surface area contributed by atoms with Gasteiger partial charge >= 0.3 is 0 Å². The van der Waals surface area contributed by atoms with E-state index in [0.717, 1.165) is 35.7 Å². The smallest absolute Gasteiger partial charge is 0.227 e. The van der Waals surface area contributed by atoms with E-state index in [-0.39, 0.29) is 11.8 Å². The number of amides is 1. The summed E-state index contributed by atoms with van der Waals surface area (Å²) in [7, 11) is 0. The third-order valence-corrected chi connectivity index (χ3v) is 7.37. The molecule has 1 aromatic heterocycles. The molecule has 3 aromatic rings. The Balaban J connectivity index is 1.39. The van der Waals surface area contributed by atoms with E-state index in [1.54, 1.807) is 0 Å². The summed E-state index contributed by atoms with van der Waals surface area (Å²) in [5.74, 6) is 2.05. The van der Waals surface area contributed by atoms with Crippen LogP contribution in [0.15, 0.2) is 48.5 Å². The largest absolute Gasteiger partial charge is 0.492 e. The molecule has 2 heterocycles. The Bertz CT molecular complexity index is 1110. The summed E-state index contributed by atoms with van der Waals surface area (Å²) in [6.07, 6.45) is 13.8. The number of benzene rings is 2. The van der Waals surface area contributed by atoms with Crippen LogP contribution in [-0.4, -0.2) is 28.6 Å². The number of rotatable bonds is 15. The molecule has 0 radical (unpaired) electrons. The number of aryl methyl sites for hydroxylation is 1. The van der Waals surface area contributed by atoms with Crippen molar-refractivity contribution in [3.8, 4) is 5.75 Å². The van der Waals surface area contributed by atoms with E-state index >= 15 is 0 Å². The molecule has 0 spiro atoms. The van der Waals surface area contributed by atoms with Crippen LogP contribution in [0.25, 0.3) is 11.0 Å². The first-order chi connectivity index (χ1) is 17.7. The highest BCUT2D eigenvalue weighted by molar-refractivity contribution is 5.97. The average molecular weight is 490 g/mol. The van der Waals surface area contributed by atoms with Crippen molar-refractivity contribution in [1.29, 1.82) is 0 Å². The van der Waals surface area contributed by atoms with Gasteiger partial charge in [-0.05, 0) is 37.6 Å². The van der Waals surface area contributed by atoms with Crippen LogP contribution in [0.2, 0.25) is 0 Å². The highest BCUT2D eigenvalue weighted by Gasteiger charge is 2.35. The van der Waals surface area contributed by atoms with Crippen LogP contribution in [0.5, 0.6) is 5.75 Å². The van der Waals surface area contributed by atoms with Crippen LogP contribution >= 0.6 is 0 Å². The Morgan fingerprint density at radius 3 is 2.28 bits per heavy atom. The Morgan fingerprint density at radius 2 is 1.53 bits per heavy atom. The fraction of sp³-hybridized carbons (Fsp3) is 0.548. The van der Waals surface area contributed by atoms with Gasteiger partial charge in [0.15, 0.2) is 0 Å². The minimum atomic E-state index is 0.0858. The maximum Gasteiger partial charge on any atom is 0.227 e. The van der Waals surface area contributed by atoms with Crippen molar-refractivity contribution < 1.29 is 9.53 Å². The summed E-state index contributed by atoms with van der Waals surface area (Å²) >= 11 is 0. The predicted octanol–water partition coefficient (Wildman–Crippen LogP) is 7.88. The number of hydrogen-bond donors (Lipinski definition) is 0. The summed E-state index contributed by atoms with van der Waals surface area (Å²) in [6.45, 7) is 6.44. The summed E-state index contributed by atoms with van der Waals surface area (Å²) in [5, 5.41) is 0. The second-order valence-electron chi connectivity index (χ2n) is 10.1. The summed E-state index contributed by atoms with van der Waals surface area (Å²) in [5.41, 5.74) is 3.08. The third kappa shape index (κ3) is 6.48. The molecule has 1 aliphatic rings. The molecule has 1 unspecified atom stereocenters. The number of aromatic nitrogens is 2. The lowest BCUT2D eigenvalue weighted by atomic mass is 10.1. The number of carbonyl (C=O) groups is 1. The van der Waals surface area contributed by atoms with Crippen LogP contribution in [0.4, 0.5) is 5.69 Å². The molecule has 4 rings (SSSR count). The van der Waals surface area contributed by atoms with Crippen molar-refractivity contribution in [3.05, 3.63) is 54.4 Å². The second kappa shape index (κ2) is 13.5. The van der Waals surface area contributed by atoms with E-state index in [4.69, 9.17) is 9.72 Å². The number of hydrogen-bond acceptors (Lipinski definition) is 3. The number of ether oxygens (including phenoxy) is 1. The highest BCUT2D eigenvalue weighted by atomic mass is 16.5. The second-order valence-corrected chi connectivity index (χ2v) is 10.1. The van der Waals surface area contributed by atoms with Gasteiger partial charge in [0, 0.05) is 25.4 Å². The molecule has 0 N–H and O–H groups in total. The fourth-order valence-electron chi connectivity index (χ4n) is 5.47. The average Bonchev–Trinajstić information content (AvgIpc) is 3.46. The van der Waals surface area contributed by atoms with Gasteiger partial charge in [0.1, 0.15) is 11.6 Å². The summed E-state index contributed by atoms with van der Waals surface area (Å²) in [6, 6.07) is 16.3. The van der Waals surface area contributed by atoms with Crippen LogP contribution in [-0.2, 0) is 11.3 Å². The quantitative estimate of drug-likeness (QED) is 0.204. The third-order valence-electron chi connectivity index (χ3n) is 7.37. The molecule has 1 amide bonds. The minimum absolute atomic E-state index is 0.0858. The van der Waals surface area contributed by atoms with E-state index in [9.17, 15) is 4.79 Å². The van der Waals surface area contributed by atoms with Crippen molar-refractivity contribution in [2.45, 2.75) is 96.9 Å². The first kappa shape index (κ1) is 26.2. The zero-order valence-electron chi connectivity index (χ0n) is 22.3. The molecule has 1 saturated heterocycles. The van der Waals surface area contributed by atoms with Crippen molar-refractivity contribution in [2.24, 2.45) is 0 Å². The lowest BCUT2D eigenvalue weighted by Crippen LogP contribution is -2.25. The van der Waals surface area contributed by atoms with Gasteiger partial charge in [-0.1, -0.05) is 89.0 Å². The number of nitrogens with zero attached hydrogens (tertiary/aromatic N) is 3. The number of fused-ring (bicyclic) bond motifs is 1. The standard InChI is InChI=1S/C31H43N3O2/c1-3-5-6-7-8-9-10-11-12-17-22-33-27-19-14-13-18-26(27)32-31(33)25-23-30(35)34(24-25)28-20-15-16-21-29(28)36-4-2/h13-16,18-21,25H,3-12,17,22-24H2,1-2H3. The van der Waals surface area contributed by atoms with E-state index in [0.29, 0.717) is 19.6 Å². The highest BCUT2D eigenvalue weighted by Crippen LogP contribution is 2.37. The van der Waals surface area contributed by atoms with Crippen LogP contribution in [0, 0.1) is 0 Å². The van der Waals surface area contributed by atoms with Gasteiger partial charge < -0.3 is 14.2 Å². The number of anilines is 1. The van der Waals surface area contributed by atoms with Gasteiger partial charge in [0.25, 0.3) is 0 Å². The lowest BCUT2D eigenvalue weighted by Gasteiger charge is -2.20. The normalized spacial score (nSPS) is 15.8. The van der Waals surface area contributed by atoms with Gasteiger partial charge in [-0.15, -0.1) is 0 Å². The van der Waals surface area contributed by atoms with Crippen molar-refractivity contribution in [2.75, 3.05) is 18.1 Å². The molecule has 5 heteroatoms. The van der Waals surface area contributed by atoms with Gasteiger partial charge in [0.05, 0.1) is 23.3 Å². The van der Waals surface area contributed by atoms with E-state index < -0.39 is 0 Å². The molecule has 1 aliphatic heterocycles. The molecule has 0 aliphatic carbocycles. The SMILES string of the molecule is CCCCCCCCCCCCn1c(C2CC(=O)N(c3ccccc3OCC)C2)nc2ccccc21. The van der Waals surface area contributed by atoms with Crippen molar-refractivity contribution in [3.63, 3.8) is 0 Å². The summed E-state index contributed by atoms with van der Waals surface area (Å²) in [4.78, 5) is 20.0. The Labute approximate surface area is 216 Å². The van der Waals surface area contributed by atoms with Crippen molar-refractivity contribution in [1.82, 2.24) is 9.55 Å². The number of carbonyl (C=O) groups excluding carboxylic acids is 1. The van der Waals surface area contributed by atoms with Gasteiger partial charge in [-0.3, -0.25) is 4.79 Å². The van der Waals surface area contributed by atoms with Crippen LogP contribution in [0.1, 0.15) is 96.2 Å². The molecule has 36 heavy (non-hydrogen) atoms. The van der Waals surface area contributed by atoms with Gasteiger partial charge in [-0.2, -0.15) is 0 Å². The molecule has 0 bridgehead atoms. The molecule has 0 saturated carbocycles. The van der Waals surface area contributed by atoms with Crippen LogP contribution in [0.3, 0.4) is 0 Å². The predicted molar refractivity (Wildman–Crippen MR) is 149 cm³/mol. The fourth-order valence-corrected chi connectivity index (χ4v) is 5.47. The molecular weight excluding hydrogens is 446 g/mol.